The number of aryl methyl sites for hydroxylation is 1. The van der Waals surface area contributed by atoms with Crippen molar-refractivity contribution in [2.24, 2.45) is 0 Å². The van der Waals surface area contributed by atoms with Gasteiger partial charge in [0.2, 0.25) is 0 Å². The van der Waals surface area contributed by atoms with Crippen LogP contribution in [0.15, 0.2) is 16.7 Å². The summed E-state index contributed by atoms with van der Waals surface area (Å²) in [6.45, 7) is 1.95. The first-order valence-corrected chi connectivity index (χ1v) is 4.61. The minimum atomic E-state index is -0.279. The lowest BCUT2D eigenvalue weighted by Crippen LogP contribution is -2.07. The molecule has 0 unspecified atom stereocenters. The van der Waals surface area contributed by atoms with E-state index in [0.717, 1.165) is 10.0 Å². The first-order valence-electron chi connectivity index (χ1n) is 3.82. The summed E-state index contributed by atoms with van der Waals surface area (Å²) in [6, 6.07) is 1.88. The minimum absolute atomic E-state index is 0.207. The first-order chi connectivity index (χ1) is 6.15. The standard InChI is InChI=1S/C9H10BrNO2/c1-6-3-4-11-7(9(6)10)5-8(12)13-2/h3-4H,5H2,1-2H3. The fourth-order valence-electron chi connectivity index (χ4n) is 0.929. The third-order valence-electron chi connectivity index (χ3n) is 1.69. The molecule has 1 aromatic rings. The number of ether oxygens (including phenoxy) is 1. The Hall–Kier alpha value is -0.900. The van der Waals surface area contributed by atoms with Gasteiger partial charge in [-0.25, -0.2) is 0 Å². The van der Waals surface area contributed by atoms with Crippen molar-refractivity contribution in [1.29, 1.82) is 0 Å². The summed E-state index contributed by atoms with van der Waals surface area (Å²) in [6.07, 6.45) is 1.89. The Morgan fingerprint density at radius 1 is 1.69 bits per heavy atom. The van der Waals surface area contributed by atoms with E-state index in [-0.39, 0.29) is 12.4 Å². The molecule has 0 aliphatic rings. The van der Waals surface area contributed by atoms with Gasteiger partial charge in [-0.1, -0.05) is 0 Å². The van der Waals surface area contributed by atoms with E-state index in [1.807, 2.05) is 13.0 Å². The van der Waals surface area contributed by atoms with Crippen LogP contribution in [-0.2, 0) is 16.0 Å². The monoisotopic (exact) mass is 243 g/mol. The van der Waals surface area contributed by atoms with Gasteiger partial charge in [-0.2, -0.15) is 0 Å². The maximum atomic E-state index is 11.0. The second-order valence-electron chi connectivity index (χ2n) is 2.64. The van der Waals surface area contributed by atoms with Crippen LogP contribution in [0.3, 0.4) is 0 Å². The molecular weight excluding hydrogens is 234 g/mol. The van der Waals surface area contributed by atoms with Gasteiger partial charge in [0.1, 0.15) is 0 Å². The highest BCUT2D eigenvalue weighted by atomic mass is 79.9. The number of halogens is 1. The summed E-state index contributed by atoms with van der Waals surface area (Å²) >= 11 is 3.37. The lowest BCUT2D eigenvalue weighted by atomic mass is 10.2. The van der Waals surface area contributed by atoms with Gasteiger partial charge >= 0.3 is 5.97 Å². The molecule has 70 valence electrons. The molecule has 0 N–H and O–H groups in total. The fraction of sp³-hybridized carbons (Fsp3) is 0.333. The van der Waals surface area contributed by atoms with Gasteiger partial charge in [-0.3, -0.25) is 9.78 Å². The molecule has 1 heterocycles. The number of aromatic nitrogens is 1. The largest absolute Gasteiger partial charge is 0.469 e. The average Bonchev–Trinajstić information content (AvgIpc) is 2.13. The second-order valence-corrected chi connectivity index (χ2v) is 3.43. The molecule has 0 saturated carbocycles. The predicted octanol–water partition coefficient (Wildman–Crippen LogP) is 1.87. The van der Waals surface area contributed by atoms with Crippen molar-refractivity contribution < 1.29 is 9.53 Å². The van der Waals surface area contributed by atoms with Crippen LogP contribution in [0.5, 0.6) is 0 Å². The maximum Gasteiger partial charge on any atom is 0.311 e. The zero-order chi connectivity index (χ0) is 9.84. The van der Waals surface area contributed by atoms with Crippen LogP contribution >= 0.6 is 15.9 Å². The Labute approximate surface area is 85.3 Å². The number of carbonyl (C=O) groups excluding carboxylic acids is 1. The normalized spacial score (nSPS) is 9.77. The van der Waals surface area contributed by atoms with Crippen molar-refractivity contribution in [1.82, 2.24) is 4.98 Å². The second kappa shape index (κ2) is 4.37. The SMILES string of the molecule is COC(=O)Cc1nccc(C)c1Br. The molecule has 0 bridgehead atoms. The zero-order valence-corrected chi connectivity index (χ0v) is 9.09. The highest BCUT2D eigenvalue weighted by Crippen LogP contribution is 2.19. The molecule has 0 fully saturated rings. The van der Waals surface area contributed by atoms with E-state index in [2.05, 4.69) is 25.7 Å². The highest BCUT2D eigenvalue weighted by Gasteiger charge is 2.08. The van der Waals surface area contributed by atoms with E-state index in [9.17, 15) is 4.79 Å². The van der Waals surface area contributed by atoms with E-state index in [1.54, 1.807) is 6.20 Å². The lowest BCUT2D eigenvalue weighted by molar-refractivity contribution is -0.139. The van der Waals surface area contributed by atoms with Gasteiger partial charge in [-0.15, -0.1) is 0 Å². The van der Waals surface area contributed by atoms with E-state index >= 15 is 0 Å². The molecule has 0 amide bonds. The van der Waals surface area contributed by atoms with Gasteiger partial charge in [-0.05, 0) is 34.5 Å². The van der Waals surface area contributed by atoms with E-state index in [0.29, 0.717) is 5.69 Å². The summed E-state index contributed by atoms with van der Waals surface area (Å²) in [5, 5.41) is 0. The number of hydrogen-bond acceptors (Lipinski definition) is 3. The Morgan fingerprint density at radius 3 is 3.00 bits per heavy atom. The van der Waals surface area contributed by atoms with Crippen molar-refractivity contribution in [3.8, 4) is 0 Å². The number of nitrogens with zero attached hydrogens (tertiary/aromatic N) is 1. The van der Waals surface area contributed by atoms with Crippen LogP contribution in [0.2, 0.25) is 0 Å². The number of methoxy groups -OCH3 is 1. The summed E-state index contributed by atoms with van der Waals surface area (Å²) in [5.74, 6) is -0.279. The third-order valence-corrected chi connectivity index (χ3v) is 2.78. The molecule has 0 saturated heterocycles. The van der Waals surface area contributed by atoms with Crippen molar-refractivity contribution in [2.45, 2.75) is 13.3 Å². The van der Waals surface area contributed by atoms with Gasteiger partial charge < -0.3 is 4.74 Å². The highest BCUT2D eigenvalue weighted by molar-refractivity contribution is 9.10. The third kappa shape index (κ3) is 2.52. The van der Waals surface area contributed by atoms with Crippen molar-refractivity contribution in [3.63, 3.8) is 0 Å². The molecule has 0 aliphatic heterocycles. The Bertz CT molecular complexity index is 325. The van der Waals surface area contributed by atoms with Crippen LogP contribution in [0.4, 0.5) is 0 Å². The minimum Gasteiger partial charge on any atom is -0.469 e. The van der Waals surface area contributed by atoms with Gasteiger partial charge in [0.15, 0.2) is 0 Å². The number of carbonyl (C=O) groups is 1. The lowest BCUT2D eigenvalue weighted by Gasteiger charge is -2.03. The summed E-state index contributed by atoms with van der Waals surface area (Å²) in [5.41, 5.74) is 1.78. The molecule has 0 aliphatic carbocycles. The van der Waals surface area contributed by atoms with Crippen LogP contribution in [0.1, 0.15) is 11.3 Å². The molecule has 1 aromatic heterocycles. The average molecular weight is 244 g/mol. The molecule has 0 radical (unpaired) electrons. The molecule has 0 aromatic carbocycles. The number of hydrogen-bond donors (Lipinski definition) is 0. The van der Waals surface area contributed by atoms with Crippen molar-refractivity contribution >= 4 is 21.9 Å². The number of esters is 1. The van der Waals surface area contributed by atoms with Crippen molar-refractivity contribution in [2.75, 3.05) is 7.11 Å². The molecule has 13 heavy (non-hydrogen) atoms. The Kier molecular flexibility index (Phi) is 3.42. The van der Waals surface area contributed by atoms with Gasteiger partial charge in [0.25, 0.3) is 0 Å². The number of rotatable bonds is 2. The van der Waals surface area contributed by atoms with Gasteiger partial charge in [0.05, 0.1) is 19.2 Å². The van der Waals surface area contributed by atoms with Crippen molar-refractivity contribution in [3.05, 3.63) is 28.0 Å². The smallest absolute Gasteiger partial charge is 0.311 e. The maximum absolute atomic E-state index is 11.0. The predicted molar refractivity (Wildman–Crippen MR) is 52.4 cm³/mol. The molecule has 4 heteroatoms. The summed E-state index contributed by atoms with van der Waals surface area (Å²) in [4.78, 5) is 15.0. The van der Waals surface area contributed by atoms with Crippen LogP contribution in [0.25, 0.3) is 0 Å². The molecule has 1 rings (SSSR count). The Balaban J connectivity index is 2.89. The van der Waals surface area contributed by atoms with E-state index in [4.69, 9.17) is 0 Å². The van der Waals surface area contributed by atoms with E-state index < -0.39 is 0 Å². The summed E-state index contributed by atoms with van der Waals surface area (Å²) < 4.78 is 5.42. The molecular formula is C9H10BrNO2. The van der Waals surface area contributed by atoms with Crippen LogP contribution in [-0.4, -0.2) is 18.1 Å². The summed E-state index contributed by atoms with van der Waals surface area (Å²) in [7, 11) is 1.37. The first kappa shape index (κ1) is 10.2. The quantitative estimate of drug-likeness (QED) is 0.745. The van der Waals surface area contributed by atoms with Gasteiger partial charge in [0, 0.05) is 10.7 Å². The number of pyridine rings is 1. The molecule has 0 spiro atoms. The van der Waals surface area contributed by atoms with E-state index in [1.165, 1.54) is 7.11 Å². The zero-order valence-electron chi connectivity index (χ0n) is 7.50. The van der Waals surface area contributed by atoms with Crippen LogP contribution < -0.4 is 0 Å². The topological polar surface area (TPSA) is 39.2 Å². The fourth-order valence-corrected chi connectivity index (χ4v) is 1.30. The van der Waals surface area contributed by atoms with Crippen LogP contribution in [0, 0.1) is 6.92 Å². The molecule has 3 nitrogen and oxygen atoms in total. The Morgan fingerprint density at radius 2 is 2.38 bits per heavy atom. The molecule has 0 atom stereocenters.